The third kappa shape index (κ3) is 2.02. The molecule has 2 nitrogen and oxygen atoms in total. The molecule has 0 atom stereocenters. The van der Waals surface area contributed by atoms with Gasteiger partial charge in [0, 0.05) is 17.7 Å². The Kier molecular flexibility index (Phi) is 2.84. The van der Waals surface area contributed by atoms with Crippen LogP contribution < -0.4 is 10.5 Å². The van der Waals surface area contributed by atoms with Crippen molar-refractivity contribution in [1.29, 1.82) is 0 Å². The molecule has 1 aliphatic carbocycles. The second-order valence-electron chi connectivity index (χ2n) is 4.45. The van der Waals surface area contributed by atoms with E-state index in [9.17, 15) is 8.78 Å². The van der Waals surface area contributed by atoms with E-state index in [4.69, 9.17) is 10.5 Å². The number of methoxy groups -OCH3 is 1. The van der Waals surface area contributed by atoms with Crippen LogP contribution in [-0.2, 0) is 6.42 Å². The zero-order valence-corrected chi connectivity index (χ0v) is 9.22. The molecule has 0 bridgehead atoms. The molecule has 2 rings (SSSR count). The summed E-state index contributed by atoms with van der Waals surface area (Å²) < 4.78 is 32.1. The van der Waals surface area contributed by atoms with E-state index < -0.39 is 11.6 Å². The second kappa shape index (κ2) is 4.01. The first-order valence-electron chi connectivity index (χ1n) is 5.32. The smallest absolute Gasteiger partial charge is 0.133 e. The summed E-state index contributed by atoms with van der Waals surface area (Å²) in [6, 6.07) is 2.43. The zero-order valence-electron chi connectivity index (χ0n) is 9.22. The van der Waals surface area contributed by atoms with Crippen molar-refractivity contribution < 1.29 is 13.5 Å². The summed E-state index contributed by atoms with van der Waals surface area (Å²) in [5.41, 5.74) is 5.66. The van der Waals surface area contributed by atoms with Crippen molar-refractivity contribution in [2.75, 3.05) is 13.7 Å². The second-order valence-corrected chi connectivity index (χ2v) is 4.45. The third-order valence-electron chi connectivity index (χ3n) is 3.29. The van der Waals surface area contributed by atoms with Crippen LogP contribution in [0.4, 0.5) is 8.78 Å². The van der Waals surface area contributed by atoms with Gasteiger partial charge in [-0.25, -0.2) is 8.78 Å². The minimum absolute atomic E-state index is 0.0731. The number of rotatable bonds is 4. The monoisotopic (exact) mass is 227 g/mol. The van der Waals surface area contributed by atoms with Gasteiger partial charge in [0.25, 0.3) is 0 Å². The van der Waals surface area contributed by atoms with Crippen LogP contribution in [0.3, 0.4) is 0 Å². The van der Waals surface area contributed by atoms with Crippen LogP contribution in [0.2, 0.25) is 0 Å². The molecule has 1 aromatic rings. The average molecular weight is 227 g/mol. The molecule has 1 fully saturated rings. The van der Waals surface area contributed by atoms with E-state index in [1.54, 1.807) is 0 Å². The molecule has 0 radical (unpaired) electrons. The van der Waals surface area contributed by atoms with Crippen molar-refractivity contribution in [1.82, 2.24) is 0 Å². The van der Waals surface area contributed by atoms with Crippen LogP contribution in [0.1, 0.15) is 18.4 Å². The first-order valence-corrected chi connectivity index (χ1v) is 5.32. The maximum Gasteiger partial charge on any atom is 0.133 e. The van der Waals surface area contributed by atoms with E-state index in [2.05, 4.69) is 0 Å². The molecule has 0 aromatic heterocycles. The molecule has 1 aromatic carbocycles. The molecule has 0 aliphatic heterocycles. The van der Waals surface area contributed by atoms with Crippen LogP contribution in [0.25, 0.3) is 0 Å². The number of nitrogens with two attached hydrogens (primary N) is 1. The fourth-order valence-corrected chi connectivity index (χ4v) is 1.87. The third-order valence-corrected chi connectivity index (χ3v) is 3.29. The number of halogens is 2. The molecule has 0 amide bonds. The summed E-state index contributed by atoms with van der Waals surface area (Å²) >= 11 is 0. The summed E-state index contributed by atoms with van der Waals surface area (Å²) in [6.45, 7) is 0.484. The van der Waals surface area contributed by atoms with Gasteiger partial charge in [-0.3, -0.25) is 0 Å². The van der Waals surface area contributed by atoms with Gasteiger partial charge in [-0.1, -0.05) is 0 Å². The Morgan fingerprint density at radius 3 is 2.25 bits per heavy atom. The molecule has 0 saturated heterocycles. The molecule has 0 spiro atoms. The SMILES string of the molecule is COc1cc(F)c(CC2(CN)CC2)c(F)c1. The summed E-state index contributed by atoms with van der Waals surface area (Å²) in [5.74, 6) is -0.885. The Morgan fingerprint density at radius 2 is 1.88 bits per heavy atom. The van der Waals surface area contributed by atoms with Crippen molar-refractivity contribution in [3.05, 3.63) is 29.3 Å². The highest BCUT2D eigenvalue weighted by atomic mass is 19.1. The van der Waals surface area contributed by atoms with Crippen molar-refractivity contribution in [2.24, 2.45) is 11.1 Å². The predicted molar refractivity (Wildman–Crippen MR) is 57.3 cm³/mol. The van der Waals surface area contributed by atoms with Gasteiger partial charge in [-0.05, 0) is 31.2 Å². The lowest BCUT2D eigenvalue weighted by atomic mass is 9.96. The Labute approximate surface area is 93.4 Å². The molecule has 2 N–H and O–H groups in total. The van der Waals surface area contributed by atoms with Crippen LogP contribution >= 0.6 is 0 Å². The van der Waals surface area contributed by atoms with Crippen LogP contribution in [0, 0.1) is 17.0 Å². The topological polar surface area (TPSA) is 35.2 Å². The lowest BCUT2D eigenvalue weighted by Gasteiger charge is -2.14. The molecule has 1 saturated carbocycles. The Hall–Kier alpha value is -1.16. The summed E-state index contributed by atoms with van der Waals surface area (Å²) in [6.07, 6.45) is 2.29. The van der Waals surface area contributed by atoms with Crippen LogP contribution in [0.15, 0.2) is 12.1 Å². The van der Waals surface area contributed by atoms with Gasteiger partial charge in [-0.15, -0.1) is 0 Å². The lowest BCUT2D eigenvalue weighted by Crippen LogP contribution is -2.19. The standard InChI is InChI=1S/C12H15F2NO/c1-16-8-4-10(13)9(11(14)5-8)6-12(7-15)2-3-12/h4-5H,2-3,6-7,15H2,1H3. The van der Waals surface area contributed by atoms with E-state index >= 15 is 0 Å². The van der Waals surface area contributed by atoms with Crippen molar-refractivity contribution >= 4 is 0 Å². The summed E-state index contributed by atoms with van der Waals surface area (Å²) in [7, 11) is 1.39. The van der Waals surface area contributed by atoms with Crippen molar-refractivity contribution in [2.45, 2.75) is 19.3 Å². The molecular formula is C12H15F2NO. The summed E-state index contributed by atoms with van der Waals surface area (Å²) in [5, 5.41) is 0. The van der Waals surface area contributed by atoms with Gasteiger partial charge >= 0.3 is 0 Å². The minimum atomic E-state index is -0.545. The predicted octanol–water partition coefficient (Wildman–Crippen LogP) is 2.25. The maximum absolute atomic E-state index is 13.6. The minimum Gasteiger partial charge on any atom is -0.497 e. The maximum atomic E-state index is 13.6. The molecule has 88 valence electrons. The molecule has 0 unspecified atom stereocenters. The first kappa shape index (κ1) is 11.3. The van der Waals surface area contributed by atoms with E-state index in [0.29, 0.717) is 13.0 Å². The number of ether oxygens (including phenoxy) is 1. The Morgan fingerprint density at radius 1 is 1.31 bits per heavy atom. The van der Waals surface area contributed by atoms with Crippen LogP contribution in [-0.4, -0.2) is 13.7 Å². The highest BCUT2D eigenvalue weighted by Gasteiger charge is 2.42. The summed E-state index contributed by atoms with van der Waals surface area (Å²) in [4.78, 5) is 0. The lowest BCUT2D eigenvalue weighted by molar-refractivity contribution is 0.402. The van der Waals surface area contributed by atoms with Gasteiger partial charge in [0.1, 0.15) is 17.4 Å². The fourth-order valence-electron chi connectivity index (χ4n) is 1.87. The quantitative estimate of drug-likeness (QED) is 0.856. The zero-order chi connectivity index (χ0) is 11.8. The fraction of sp³-hybridized carbons (Fsp3) is 0.500. The van der Waals surface area contributed by atoms with Gasteiger partial charge in [0.2, 0.25) is 0 Å². The van der Waals surface area contributed by atoms with Gasteiger partial charge in [0.05, 0.1) is 7.11 Å². The van der Waals surface area contributed by atoms with E-state index in [0.717, 1.165) is 12.8 Å². The first-order chi connectivity index (χ1) is 7.60. The molecule has 4 heteroatoms. The molecule has 16 heavy (non-hydrogen) atoms. The highest BCUT2D eigenvalue weighted by Crippen LogP contribution is 2.48. The van der Waals surface area contributed by atoms with E-state index in [-0.39, 0.29) is 16.7 Å². The molecule has 1 aliphatic rings. The van der Waals surface area contributed by atoms with E-state index in [1.165, 1.54) is 19.2 Å². The van der Waals surface area contributed by atoms with E-state index in [1.807, 2.05) is 0 Å². The number of benzene rings is 1. The van der Waals surface area contributed by atoms with Gasteiger partial charge < -0.3 is 10.5 Å². The average Bonchev–Trinajstić information content (AvgIpc) is 3.04. The Bertz CT molecular complexity index is 379. The van der Waals surface area contributed by atoms with Crippen LogP contribution in [0.5, 0.6) is 5.75 Å². The van der Waals surface area contributed by atoms with Gasteiger partial charge in [-0.2, -0.15) is 0 Å². The highest BCUT2D eigenvalue weighted by molar-refractivity contribution is 5.32. The normalized spacial score (nSPS) is 17.2. The largest absolute Gasteiger partial charge is 0.497 e. The number of hydrogen-bond donors (Lipinski definition) is 1. The molecule has 0 heterocycles. The molecular weight excluding hydrogens is 212 g/mol. The van der Waals surface area contributed by atoms with Crippen molar-refractivity contribution in [3.8, 4) is 5.75 Å². The van der Waals surface area contributed by atoms with Gasteiger partial charge in [0.15, 0.2) is 0 Å². The number of hydrogen-bond acceptors (Lipinski definition) is 2. The van der Waals surface area contributed by atoms with Crippen molar-refractivity contribution in [3.63, 3.8) is 0 Å². The Balaban J connectivity index is 2.27.